The predicted molar refractivity (Wildman–Crippen MR) is 71.9 cm³/mol. The maximum atomic E-state index is 11.6. The van der Waals surface area contributed by atoms with Crippen LogP contribution in [0.15, 0.2) is 24.3 Å². The Bertz CT molecular complexity index is 438. The number of nitrogens with one attached hydrogen (secondary N) is 2. The monoisotopic (exact) mass is 252 g/mol. The molecule has 0 aliphatic heterocycles. The summed E-state index contributed by atoms with van der Waals surface area (Å²) in [5.41, 5.74) is 0.133. The molecule has 4 nitrogen and oxygen atoms in total. The summed E-state index contributed by atoms with van der Waals surface area (Å²) >= 11 is 5.00. The molecule has 0 fully saturated rings. The topological polar surface area (TPSA) is 61.4 Å². The molecule has 1 rings (SSSR count). The molecule has 92 valence electrons. The molecule has 1 amide bonds. The Morgan fingerprint density at radius 2 is 2.00 bits per heavy atom. The van der Waals surface area contributed by atoms with Crippen LogP contribution in [0.3, 0.4) is 0 Å². The lowest BCUT2D eigenvalue weighted by Gasteiger charge is -2.18. The summed E-state index contributed by atoms with van der Waals surface area (Å²) in [5, 5.41) is 14.9. The highest BCUT2D eigenvalue weighted by molar-refractivity contribution is 7.80. The highest BCUT2D eigenvalue weighted by atomic mass is 32.1. The molecule has 0 saturated carbocycles. The Kier molecular flexibility index (Phi) is 4.07. The summed E-state index contributed by atoms with van der Waals surface area (Å²) in [7, 11) is 0. The van der Waals surface area contributed by atoms with Crippen molar-refractivity contribution in [3.63, 3.8) is 0 Å². The molecule has 0 unspecified atom stereocenters. The van der Waals surface area contributed by atoms with Crippen LogP contribution in [0.4, 0.5) is 5.69 Å². The molecule has 0 aliphatic rings. The third kappa shape index (κ3) is 4.40. The van der Waals surface area contributed by atoms with Crippen molar-refractivity contribution in [3.8, 4) is 5.75 Å². The standard InChI is InChI=1S/C12H16N2O2S/c1-12(2,3)10(16)14-11(17)13-8-5-4-6-9(15)7-8/h4-7,15H,1-3H3,(H2,13,14,16,17). The second-order valence-corrected chi connectivity index (χ2v) is 5.12. The van der Waals surface area contributed by atoms with Crippen molar-refractivity contribution < 1.29 is 9.90 Å². The number of anilines is 1. The van der Waals surface area contributed by atoms with Gasteiger partial charge in [0.1, 0.15) is 5.75 Å². The molecule has 0 saturated heterocycles. The van der Waals surface area contributed by atoms with Crippen molar-refractivity contribution in [1.82, 2.24) is 5.32 Å². The number of aromatic hydroxyl groups is 1. The zero-order chi connectivity index (χ0) is 13.1. The maximum Gasteiger partial charge on any atom is 0.231 e. The third-order valence-electron chi connectivity index (χ3n) is 2.01. The first kappa shape index (κ1) is 13.4. The van der Waals surface area contributed by atoms with Crippen LogP contribution >= 0.6 is 12.2 Å². The molecule has 0 spiro atoms. The Hall–Kier alpha value is -1.62. The van der Waals surface area contributed by atoms with Gasteiger partial charge in [0.25, 0.3) is 0 Å². The van der Waals surface area contributed by atoms with Gasteiger partial charge >= 0.3 is 0 Å². The highest BCUT2D eigenvalue weighted by Crippen LogP contribution is 2.16. The first-order valence-electron chi connectivity index (χ1n) is 5.20. The lowest BCUT2D eigenvalue weighted by Crippen LogP contribution is -2.41. The van der Waals surface area contributed by atoms with Gasteiger partial charge in [-0.2, -0.15) is 0 Å². The highest BCUT2D eigenvalue weighted by Gasteiger charge is 2.21. The third-order valence-corrected chi connectivity index (χ3v) is 2.22. The van der Waals surface area contributed by atoms with Crippen LogP contribution in [0.1, 0.15) is 20.8 Å². The normalized spacial score (nSPS) is 10.8. The fraction of sp³-hybridized carbons (Fsp3) is 0.333. The van der Waals surface area contributed by atoms with Crippen LogP contribution in [-0.2, 0) is 4.79 Å². The molecule has 0 bridgehead atoms. The average molecular weight is 252 g/mol. The van der Waals surface area contributed by atoms with Gasteiger partial charge < -0.3 is 15.7 Å². The number of rotatable bonds is 1. The molecule has 0 radical (unpaired) electrons. The van der Waals surface area contributed by atoms with Gasteiger partial charge in [0, 0.05) is 17.2 Å². The number of carbonyl (C=O) groups is 1. The lowest BCUT2D eigenvalue weighted by atomic mass is 9.96. The number of phenolic OH excluding ortho intramolecular Hbond substituents is 1. The summed E-state index contributed by atoms with van der Waals surface area (Å²) in [5.74, 6) is -0.0184. The SMILES string of the molecule is CC(C)(C)C(=O)NC(=S)Nc1cccc(O)c1. The van der Waals surface area contributed by atoms with Crippen molar-refractivity contribution in [2.75, 3.05) is 5.32 Å². The van der Waals surface area contributed by atoms with Crippen molar-refractivity contribution in [3.05, 3.63) is 24.3 Å². The fourth-order valence-electron chi connectivity index (χ4n) is 1.04. The van der Waals surface area contributed by atoms with E-state index >= 15 is 0 Å². The van der Waals surface area contributed by atoms with E-state index in [9.17, 15) is 9.90 Å². The Balaban J connectivity index is 2.59. The Labute approximate surface area is 106 Å². The van der Waals surface area contributed by atoms with Gasteiger partial charge in [-0.1, -0.05) is 26.8 Å². The molecule has 1 aromatic rings. The number of hydrogen-bond acceptors (Lipinski definition) is 3. The van der Waals surface area contributed by atoms with Crippen LogP contribution in [0.5, 0.6) is 5.75 Å². The number of carbonyl (C=O) groups excluding carboxylic acids is 1. The average Bonchev–Trinajstić information content (AvgIpc) is 2.15. The van der Waals surface area contributed by atoms with Gasteiger partial charge in [-0.15, -0.1) is 0 Å². The van der Waals surface area contributed by atoms with Gasteiger partial charge in [0.05, 0.1) is 0 Å². The van der Waals surface area contributed by atoms with Gasteiger partial charge in [0.15, 0.2) is 5.11 Å². The lowest BCUT2D eigenvalue weighted by molar-refractivity contribution is -0.126. The number of thiocarbonyl (C=S) groups is 1. The molecule has 17 heavy (non-hydrogen) atoms. The second kappa shape index (κ2) is 5.14. The molecule has 0 aliphatic carbocycles. The number of hydrogen-bond donors (Lipinski definition) is 3. The minimum Gasteiger partial charge on any atom is -0.508 e. The van der Waals surface area contributed by atoms with Gasteiger partial charge in [-0.25, -0.2) is 0 Å². The molecule has 0 heterocycles. The van der Waals surface area contributed by atoms with Crippen molar-refractivity contribution in [1.29, 1.82) is 0 Å². The van der Waals surface area contributed by atoms with Crippen molar-refractivity contribution >= 4 is 28.9 Å². The quantitative estimate of drug-likeness (QED) is 0.671. The second-order valence-electron chi connectivity index (χ2n) is 4.71. The van der Waals surface area contributed by atoms with E-state index in [-0.39, 0.29) is 16.8 Å². The zero-order valence-corrected chi connectivity index (χ0v) is 10.9. The number of amides is 1. The van der Waals surface area contributed by atoms with E-state index < -0.39 is 5.41 Å². The van der Waals surface area contributed by atoms with Crippen LogP contribution in [0, 0.1) is 5.41 Å². The minimum absolute atomic E-state index is 0.139. The predicted octanol–water partition coefficient (Wildman–Crippen LogP) is 2.25. The van der Waals surface area contributed by atoms with E-state index in [0.29, 0.717) is 5.69 Å². The molecule has 0 aromatic heterocycles. The van der Waals surface area contributed by atoms with Crippen molar-refractivity contribution in [2.45, 2.75) is 20.8 Å². The molecular formula is C12H16N2O2S. The van der Waals surface area contributed by atoms with Gasteiger partial charge in [-0.3, -0.25) is 4.79 Å². The summed E-state index contributed by atoms with van der Waals surface area (Å²) in [6, 6.07) is 6.51. The maximum absolute atomic E-state index is 11.6. The largest absolute Gasteiger partial charge is 0.508 e. The van der Waals surface area contributed by atoms with E-state index in [1.165, 1.54) is 6.07 Å². The molecular weight excluding hydrogens is 236 g/mol. The summed E-state index contributed by atoms with van der Waals surface area (Å²) < 4.78 is 0. The summed E-state index contributed by atoms with van der Waals surface area (Å²) in [4.78, 5) is 11.6. The van der Waals surface area contributed by atoms with Crippen LogP contribution in [0.25, 0.3) is 0 Å². The Morgan fingerprint density at radius 1 is 1.35 bits per heavy atom. The number of benzene rings is 1. The summed E-state index contributed by atoms with van der Waals surface area (Å²) in [6.07, 6.45) is 0. The van der Waals surface area contributed by atoms with Gasteiger partial charge in [-0.05, 0) is 24.4 Å². The first-order valence-corrected chi connectivity index (χ1v) is 5.61. The zero-order valence-electron chi connectivity index (χ0n) is 10.1. The molecule has 1 aromatic carbocycles. The minimum atomic E-state index is -0.495. The summed E-state index contributed by atoms with van der Waals surface area (Å²) in [6.45, 7) is 5.41. The molecule has 0 atom stereocenters. The van der Waals surface area contributed by atoms with Crippen LogP contribution < -0.4 is 10.6 Å². The van der Waals surface area contributed by atoms with E-state index in [1.54, 1.807) is 39.0 Å². The molecule has 5 heteroatoms. The molecule has 3 N–H and O–H groups in total. The fourth-order valence-corrected chi connectivity index (χ4v) is 1.25. The van der Waals surface area contributed by atoms with Crippen LogP contribution in [-0.4, -0.2) is 16.1 Å². The van der Waals surface area contributed by atoms with E-state index in [1.807, 2.05) is 0 Å². The van der Waals surface area contributed by atoms with Crippen LogP contribution in [0.2, 0.25) is 0 Å². The first-order chi connectivity index (χ1) is 7.79. The van der Waals surface area contributed by atoms with E-state index in [4.69, 9.17) is 12.2 Å². The number of phenols is 1. The van der Waals surface area contributed by atoms with E-state index in [2.05, 4.69) is 10.6 Å². The van der Waals surface area contributed by atoms with E-state index in [0.717, 1.165) is 0 Å². The van der Waals surface area contributed by atoms with Gasteiger partial charge in [0.2, 0.25) is 5.91 Å². The Morgan fingerprint density at radius 3 is 2.53 bits per heavy atom. The van der Waals surface area contributed by atoms with Crippen molar-refractivity contribution in [2.24, 2.45) is 5.41 Å². The smallest absolute Gasteiger partial charge is 0.231 e.